The second kappa shape index (κ2) is 4.37. The second-order valence-corrected chi connectivity index (χ2v) is 4.35. The minimum absolute atomic E-state index is 0.165. The first-order valence-electron chi connectivity index (χ1n) is 5.12. The van der Waals surface area contributed by atoms with E-state index in [1.54, 1.807) is 6.07 Å². The van der Waals surface area contributed by atoms with Gasteiger partial charge < -0.3 is 10.6 Å². The fraction of sp³-hybridized carbons (Fsp3) is 0.455. The van der Waals surface area contributed by atoms with Gasteiger partial charge in [-0.15, -0.1) is 0 Å². The number of piperidine rings is 1. The van der Waals surface area contributed by atoms with E-state index in [-0.39, 0.29) is 11.9 Å². The Labute approximate surface area is 93.8 Å². The standard InChI is InChI=1S/C11H14ClFN2/c12-10-4-3-8(13)6-11(10)15-5-1-2-9(14)7-15/h3-4,6,9H,1-2,5,7,14H2. The molecule has 1 saturated heterocycles. The summed E-state index contributed by atoms with van der Waals surface area (Å²) in [7, 11) is 0. The molecule has 1 aliphatic heterocycles. The third-order valence-corrected chi connectivity index (χ3v) is 3.03. The van der Waals surface area contributed by atoms with Crippen LogP contribution >= 0.6 is 11.6 Å². The molecule has 0 aliphatic carbocycles. The Balaban J connectivity index is 2.24. The minimum atomic E-state index is -0.256. The average Bonchev–Trinajstić information content (AvgIpc) is 2.22. The van der Waals surface area contributed by atoms with Crippen LogP contribution in [0.2, 0.25) is 5.02 Å². The van der Waals surface area contributed by atoms with Gasteiger partial charge in [0.2, 0.25) is 0 Å². The largest absolute Gasteiger partial charge is 0.369 e. The van der Waals surface area contributed by atoms with E-state index in [1.807, 2.05) is 0 Å². The van der Waals surface area contributed by atoms with Crippen molar-refractivity contribution in [2.24, 2.45) is 5.73 Å². The molecule has 1 aromatic carbocycles. The number of anilines is 1. The van der Waals surface area contributed by atoms with Crippen molar-refractivity contribution >= 4 is 17.3 Å². The number of halogens is 2. The molecule has 0 bridgehead atoms. The molecule has 1 heterocycles. The fourth-order valence-corrected chi connectivity index (χ4v) is 2.19. The highest BCUT2D eigenvalue weighted by atomic mass is 35.5. The molecule has 0 radical (unpaired) electrons. The van der Waals surface area contributed by atoms with Crippen LogP contribution in [-0.4, -0.2) is 19.1 Å². The highest BCUT2D eigenvalue weighted by Crippen LogP contribution is 2.28. The lowest BCUT2D eigenvalue weighted by Crippen LogP contribution is -2.43. The maximum Gasteiger partial charge on any atom is 0.125 e. The summed E-state index contributed by atoms with van der Waals surface area (Å²) in [6.07, 6.45) is 2.07. The summed E-state index contributed by atoms with van der Waals surface area (Å²) in [6.45, 7) is 1.65. The van der Waals surface area contributed by atoms with Crippen LogP contribution in [-0.2, 0) is 0 Å². The number of nitrogens with zero attached hydrogens (tertiary/aromatic N) is 1. The van der Waals surface area contributed by atoms with E-state index >= 15 is 0 Å². The van der Waals surface area contributed by atoms with Gasteiger partial charge in [0.15, 0.2) is 0 Å². The molecule has 1 unspecified atom stereocenters. The Bertz CT molecular complexity index is 356. The third kappa shape index (κ3) is 2.41. The second-order valence-electron chi connectivity index (χ2n) is 3.94. The summed E-state index contributed by atoms with van der Waals surface area (Å²) >= 11 is 6.03. The summed E-state index contributed by atoms with van der Waals surface area (Å²) < 4.78 is 13.1. The first-order chi connectivity index (χ1) is 7.16. The molecule has 2 nitrogen and oxygen atoms in total. The molecule has 82 valence electrons. The third-order valence-electron chi connectivity index (χ3n) is 2.71. The maximum atomic E-state index is 13.1. The van der Waals surface area contributed by atoms with Gasteiger partial charge in [0.05, 0.1) is 10.7 Å². The van der Waals surface area contributed by atoms with Crippen molar-refractivity contribution in [3.63, 3.8) is 0 Å². The summed E-state index contributed by atoms with van der Waals surface area (Å²) in [4.78, 5) is 2.06. The Morgan fingerprint density at radius 2 is 2.27 bits per heavy atom. The molecule has 0 amide bonds. The van der Waals surface area contributed by atoms with Crippen LogP contribution in [0.15, 0.2) is 18.2 Å². The van der Waals surface area contributed by atoms with Crippen LogP contribution in [0.5, 0.6) is 0 Å². The number of hydrogen-bond donors (Lipinski definition) is 1. The van der Waals surface area contributed by atoms with Gasteiger partial charge in [-0.1, -0.05) is 11.6 Å². The summed E-state index contributed by atoms with van der Waals surface area (Å²) in [5.74, 6) is -0.256. The van der Waals surface area contributed by atoms with E-state index in [0.29, 0.717) is 5.02 Å². The molecule has 15 heavy (non-hydrogen) atoms. The van der Waals surface area contributed by atoms with Gasteiger partial charge in [0, 0.05) is 19.1 Å². The zero-order valence-electron chi connectivity index (χ0n) is 8.42. The molecule has 2 N–H and O–H groups in total. The van der Waals surface area contributed by atoms with E-state index in [0.717, 1.165) is 31.6 Å². The van der Waals surface area contributed by atoms with E-state index in [9.17, 15) is 4.39 Å². The first-order valence-corrected chi connectivity index (χ1v) is 5.50. The molecule has 2 rings (SSSR count). The van der Waals surface area contributed by atoms with Crippen LogP contribution in [0.1, 0.15) is 12.8 Å². The van der Waals surface area contributed by atoms with Gasteiger partial charge in [0.1, 0.15) is 5.82 Å². The fourth-order valence-electron chi connectivity index (χ4n) is 1.96. The Hall–Kier alpha value is -0.800. The minimum Gasteiger partial charge on any atom is -0.369 e. The lowest BCUT2D eigenvalue weighted by molar-refractivity contribution is 0.505. The van der Waals surface area contributed by atoms with Gasteiger partial charge in [0.25, 0.3) is 0 Å². The normalized spacial score (nSPS) is 21.8. The maximum absolute atomic E-state index is 13.1. The predicted octanol–water partition coefficient (Wildman–Crippen LogP) is 2.41. The summed E-state index contributed by atoms with van der Waals surface area (Å²) in [5, 5.41) is 0.588. The Kier molecular flexibility index (Phi) is 3.12. The molecule has 1 atom stereocenters. The Morgan fingerprint density at radius 3 is 3.00 bits per heavy atom. The van der Waals surface area contributed by atoms with Crippen molar-refractivity contribution in [2.75, 3.05) is 18.0 Å². The lowest BCUT2D eigenvalue weighted by Gasteiger charge is -2.33. The van der Waals surface area contributed by atoms with Crippen molar-refractivity contribution in [3.8, 4) is 0 Å². The Morgan fingerprint density at radius 1 is 1.47 bits per heavy atom. The molecule has 0 spiro atoms. The smallest absolute Gasteiger partial charge is 0.125 e. The van der Waals surface area contributed by atoms with Crippen LogP contribution < -0.4 is 10.6 Å². The van der Waals surface area contributed by atoms with Crippen molar-refractivity contribution in [2.45, 2.75) is 18.9 Å². The number of nitrogens with two attached hydrogens (primary N) is 1. The number of rotatable bonds is 1. The highest BCUT2D eigenvalue weighted by Gasteiger charge is 2.19. The average molecular weight is 229 g/mol. The first kappa shape index (κ1) is 10.7. The number of hydrogen-bond acceptors (Lipinski definition) is 2. The number of benzene rings is 1. The van der Waals surface area contributed by atoms with Crippen LogP contribution in [0.25, 0.3) is 0 Å². The molecule has 1 fully saturated rings. The highest BCUT2D eigenvalue weighted by molar-refractivity contribution is 6.33. The van der Waals surface area contributed by atoms with Gasteiger partial charge in [-0.3, -0.25) is 0 Å². The quantitative estimate of drug-likeness (QED) is 0.800. The van der Waals surface area contributed by atoms with Crippen LogP contribution in [0.3, 0.4) is 0 Å². The molecule has 4 heteroatoms. The summed E-state index contributed by atoms with van der Waals surface area (Å²) in [6, 6.07) is 4.60. The predicted molar refractivity (Wildman–Crippen MR) is 60.8 cm³/mol. The molecule has 1 aliphatic rings. The monoisotopic (exact) mass is 228 g/mol. The molecular formula is C11H14ClFN2. The molecular weight excluding hydrogens is 215 g/mol. The molecule has 0 saturated carbocycles. The van der Waals surface area contributed by atoms with Gasteiger partial charge >= 0.3 is 0 Å². The van der Waals surface area contributed by atoms with E-state index in [1.165, 1.54) is 12.1 Å². The zero-order valence-corrected chi connectivity index (χ0v) is 9.17. The van der Waals surface area contributed by atoms with E-state index in [2.05, 4.69) is 4.90 Å². The topological polar surface area (TPSA) is 29.3 Å². The zero-order chi connectivity index (χ0) is 10.8. The van der Waals surface area contributed by atoms with Gasteiger partial charge in [-0.2, -0.15) is 0 Å². The van der Waals surface area contributed by atoms with Gasteiger partial charge in [-0.05, 0) is 31.0 Å². The van der Waals surface area contributed by atoms with Crippen LogP contribution in [0, 0.1) is 5.82 Å². The SMILES string of the molecule is NC1CCCN(c2cc(F)ccc2Cl)C1. The van der Waals surface area contributed by atoms with Crippen molar-refractivity contribution in [3.05, 3.63) is 29.0 Å². The van der Waals surface area contributed by atoms with Crippen molar-refractivity contribution < 1.29 is 4.39 Å². The molecule has 0 aromatic heterocycles. The lowest BCUT2D eigenvalue weighted by atomic mass is 10.1. The van der Waals surface area contributed by atoms with Crippen molar-refractivity contribution in [1.82, 2.24) is 0 Å². The van der Waals surface area contributed by atoms with Crippen LogP contribution in [0.4, 0.5) is 10.1 Å². The van der Waals surface area contributed by atoms with Crippen molar-refractivity contribution in [1.29, 1.82) is 0 Å². The molecule has 1 aromatic rings. The van der Waals surface area contributed by atoms with Gasteiger partial charge in [-0.25, -0.2) is 4.39 Å². The van der Waals surface area contributed by atoms with E-state index < -0.39 is 0 Å². The van der Waals surface area contributed by atoms with E-state index in [4.69, 9.17) is 17.3 Å². The summed E-state index contributed by atoms with van der Waals surface area (Å²) in [5.41, 5.74) is 6.63.